The number of hydrogen-bond donors (Lipinski definition) is 1. The molecule has 1 aliphatic rings. The van der Waals surface area contributed by atoms with E-state index < -0.39 is 10.0 Å². The quantitative estimate of drug-likeness (QED) is 0.362. The number of piperidine rings is 1. The Hall–Kier alpha value is -3.56. The zero-order chi connectivity index (χ0) is 26.9. The number of nitrogens with one attached hydrogen (secondary N) is 1. The minimum atomic E-state index is -3.84. The lowest BCUT2D eigenvalue weighted by atomic mass is 9.95. The molecule has 0 aliphatic carbocycles. The second kappa shape index (κ2) is 10.7. The monoisotopic (exact) mass is 531 g/mol. The number of rotatable bonds is 7. The van der Waals surface area contributed by atoms with Crippen molar-refractivity contribution in [1.82, 2.24) is 18.8 Å². The normalized spacial score (nSPS) is 15.3. The summed E-state index contributed by atoms with van der Waals surface area (Å²) in [5, 5.41) is 3.73. The topological polar surface area (TPSA) is 97.2 Å². The predicted molar refractivity (Wildman–Crippen MR) is 149 cm³/mol. The van der Waals surface area contributed by atoms with Crippen LogP contribution in [0.2, 0.25) is 0 Å². The highest BCUT2D eigenvalue weighted by Gasteiger charge is 2.26. The van der Waals surface area contributed by atoms with Gasteiger partial charge in [0.05, 0.1) is 16.6 Å². The second-order valence-corrected chi connectivity index (χ2v) is 12.3. The van der Waals surface area contributed by atoms with Crippen molar-refractivity contribution in [2.45, 2.75) is 38.5 Å². The summed E-state index contributed by atoms with van der Waals surface area (Å²) < 4.78 is 28.3. The SMILES string of the molecule is Cc1ccc(S(=O)(=O)n2cc(-c3ccnc(NC(=O)C4CCN(CC(C)C)CC4)c3)c3ccncc32)cc1. The Balaban J connectivity index is 1.41. The van der Waals surface area contributed by atoms with Gasteiger partial charge in [-0.25, -0.2) is 17.4 Å². The predicted octanol–water partition coefficient (Wildman–Crippen LogP) is 4.95. The first-order chi connectivity index (χ1) is 18.2. The molecule has 1 aromatic carbocycles. The third-order valence-corrected chi connectivity index (χ3v) is 8.74. The zero-order valence-electron chi connectivity index (χ0n) is 22.0. The highest BCUT2D eigenvalue weighted by atomic mass is 32.2. The van der Waals surface area contributed by atoms with E-state index in [0.717, 1.165) is 54.6 Å². The number of amides is 1. The first kappa shape index (κ1) is 26.1. The minimum absolute atomic E-state index is 0.0209. The summed E-state index contributed by atoms with van der Waals surface area (Å²) in [6, 6.07) is 12.2. The second-order valence-electron chi connectivity index (χ2n) is 10.4. The summed E-state index contributed by atoms with van der Waals surface area (Å²) in [5.74, 6) is 0.998. The van der Waals surface area contributed by atoms with Gasteiger partial charge < -0.3 is 10.2 Å². The van der Waals surface area contributed by atoms with E-state index in [-0.39, 0.29) is 16.7 Å². The fraction of sp³-hybridized carbons (Fsp3) is 0.345. The van der Waals surface area contributed by atoms with Crippen LogP contribution in [0.4, 0.5) is 5.82 Å². The van der Waals surface area contributed by atoms with Gasteiger partial charge in [0, 0.05) is 42.0 Å². The average molecular weight is 532 g/mol. The summed E-state index contributed by atoms with van der Waals surface area (Å²) >= 11 is 0. The van der Waals surface area contributed by atoms with Crippen molar-refractivity contribution in [3.8, 4) is 11.1 Å². The van der Waals surface area contributed by atoms with Crippen LogP contribution in [0.1, 0.15) is 32.3 Å². The number of carbonyl (C=O) groups is 1. The van der Waals surface area contributed by atoms with E-state index in [1.807, 2.05) is 13.0 Å². The van der Waals surface area contributed by atoms with Crippen molar-refractivity contribution in [1.29, 1.82) is 0 Å². The summed E-state index contributed by atoms with van der Waals surface area (Å²) in [7, 11) is -3.84. The molecule has 1 fully saturated rings. The number of nitrogens with zero attached hydrogens (tertiary/aromatic N) is 4. The number of aryl methyl sites for hydroxylation is 1. The first-order valence-corrected chi connectivity index (χ1v) is 14.4. The van der Waals surface area contributed by atoms with Crippen molar-refractivity contribution < 1.29 is 13.2 Å². The number of anilines is 1. The van der Waals surface area contributed by atoms with Crippen LogP contribution in [0.5, 0.6) is 0 Å². The van der Waals surface area contributed by atoms with Gasteiger partial charge in [0.2, 0.25) is 5.91 Å². The highest BCUT2D eigenvalue weighted by Crippen LogP contribution is 2.33. The summed E-state index contributed by atoms with van der Waals surface area (Å²) in [4.78, 5) is 24.2. The molecule has 0 saturated carbocycles. The standard InChI is InChI=1S/C29H33N5O3S/c1-20(2)18-33-14-10-22(11-15-33)29(35)32-28-16-23(8-13-31-28)26-19-34(27-17-30-12-9-25(26)27)38(36,37)24-6-4-21(3)5-7-24/h4-9,12-13,16-17,19-20,22H,10-11,14-15,18H2,1-3H3,(H,31,32,35). The maximum atomic E-state index is 13.5. The van der Waals surface area contributed by atoms with Gasteiger partial charge in [0.25, 0.3) is 10.0 Å². The van der Waals surface area contributed by atoms with Gasteiger partial charge in [0.1, 0.15) is 5.82 Å². The van der Waals surface area contributed by atoms with Crippen molar-refractivity contribution in [3.63, 3.8) is 0 Å². The van der Waals surface area contributed by atoms with Crippen molar-refractivity contribution in [3.05, 3.63) is 72.8 Å². The van der Waals surface area contributed by atoms with E-state index in [9.17, 15) is 13.2 Å². The Morgan fingerprint density at radius 2 is 1.82 bits per heavy atom. The smallest absolute Gasteiger partial charge is 0.268 e. The molecule has 3 aromatic heterocycles. The minimum Gasteiger partial charge on any atom is -0.310 e. The maximum absolute atomic E-state index is 13.5. The number of benzene rings is 1. The van der Waals surface area contributed by atoms with E-state index in [0.29, 0.717) is 17.3 Å². The molecular formula is C29H33N5O3S. The highest BCUT2D eigenvalue weighted by molar-refractivity contribution is 7.90. The van der Waals surface area contributed by atoms with Gasteiger partial charge >= 0.3 is 0 Å². The molecule has 0 unspecified atom stereocenters. The number of aromatic nitrogens is 3. The van der Waals surface area contributed by atoms with Gasteiger partial charge in [-0.3, -0.25) is 9.78 Å². The molecular weight excluding hydrogens is 498 g/mol. The van der Waals surface area contributed by atoms with Crippen LogP contribution in [-0.2, 0) is 14.8 Å². The Morgan fingerprint density at radius 1 is 1.08 bits per heavy atom. The molecule has 0 radical (unpaired) electrons. The van der Waals surface area contributed by atoms with Gasteiger partial charge in [0.15, 0.2) is 0 Å². The lowest BCUT2D eigenvalue weighted by Gasteiger charge is -2.32. The molecule has 38 heavy (non-hydrogen) atoms. The summed E-state index contributed by atoms with van der Waals surface area (Å²) in [6.45, 7) is 9.24. The Bertz CT molecular complexity index is 1550. The molecule has 1 N–H and O–H groups in total. The zero-order valence-corrected chi connectivity index (χ0v) is 22.8. The Morgan fingerprint density at radius 3 is 2.53 bits per heavy atom. The molecule has 0 bridgehead atoms. The van der Waals surface area contributed by atoms with E-state index in [4.69, 9.17) is 0 Å². The number of pyridine rings is 2. The fourth-order valence-electron chi connectivity index (χ4n) is 5.09. The molecule has 4 heterocycles. The summed E-state index contributed by atoms with van der Waals surface area (Å²) in [6.07, 6.45) is 8.11. The lowest BCUT2D eigenvalue weighted by Crippen LogP contribution is -2.39. The molecule has 4 aromatic rings. The average Bonchev–Trinajstić information content (AvgIpc) is 3.30. The number of fused-ring (bicyclic) bond motifs is 1. The number of hydrogen-bond acceptors (Lipinski definition) is 6. The molecule has 9 heteroatoms. The van der Waals surface area contributed by atoms with Crippen molar-refractivity contribution >= 4 is 32.7 Å². The lowest BCUT2D eigenvalue weighted by molar-refractivity contribution is -0.121. The van der Waals surface area contributed by atoms with E-state index in [2.05, 4.69) is 34.0 Å². The number of likely N-dealkylation sites (tertiary alicyclic amines) is 1. The van der Waals surface area contributed by atoms with Crippen LogP contribution < -0.4 is 5.32 Å². The Kier molecular flexibility index (Phi) is 7.32. The van der Waals surface area contributed by atoms with Crippen LogP contribution in [0.3, 0.4) is 0 Å². The van der Waals surface area contributed by atoms with E-state index in [1.165, 1.54) is 3.97 Å². The molecule has 8 nitrogen and oxygen atoms in total. The molecule has 1 amide bonds. The Labute approximate surface area is 223 Å². The molecule has 1 aliphatic heterocycles. The molecule has 198 valence electrons. The van der Waals surface area contributed by atoms with Gasteiger partial charge in [-0.15, -0.1) is 0 Å². The fourth-order valence-corrected chi connectivity index (χ4v) is 6.44. The first-order valence-electron chi connectivity index (χ1n) is 13.0. The van der Waals surface area contributed by atoms with Crippen LogP contribution in [-0.4, -0.2) is 52.8 Å². The van der Waals surface area contributed by atoms with Crippen LogP contribution in [0.15, 0.2) is 72.1 Å². The third kappa shape index (κ3) is 5.35. The third-order valence-electron chi connectivity index (χ3n) is 7.06. The van der Waals surface area contributed by atoms with Gasteiger partial charge in [-0.1, -0.05) is 31.5 Å². The maximum Gasteiger partial charge on any atom is 0.268 e. The molecule has 0 spiro atoms. The van der Waals surface area contributed by atoms with Crippen molar-refractivity contribution in [2.24, 2.45) is 11.8 Å². The molecule has 5 rings (SSSR count). The molecule has 0 atom stereocenters. The van der Waals surface area contributed by atoms with Crippen LogP contribution in [0.25, 0.3) is 22.0 Å². The van der Waals surface area contributed by atoms with Crippen LogP contribution >= 0.6 is 0 Å². The summed E-state index contributed by atoms with van der Waals surface area (Å²) in [5.41, 5.74) is 2.95. The van der Waals surface area contributed by atoms with Gasteiger partial charge in [-0.2, -0.15) is 0 Å². The largest absolute Gasteiger partial charge is 0.310 e. The van der Waals surface area contributed by atoms with Crippen LogP contribution in [0, 0.1) is 18.8 Å². The van der Waals surface area contributed by atoms with Crippen molar-refractivity contribution in [2.75, 3.05) is 25.0 Å². The molecule has 1 saturated heterocycles. The van der Waals surface area contributed by atoms with Gasteiger partial charge in [-0.05, 0) is 74.7 Å². The number of carbonyl (C=O) groups excluding carboxylic acids is 1. The van der Waals surface area contributed by atoms with E-state index >= 15 is 0 Å². The van der Waals surface area contributed by atoms with E-state index in [1.54, 1.807) is 61.2 Å².